The van der Waals surface area contributed by atoms with Gasteiger partial charge in [0.1, 0.15) is 0 Å². The summed E-state index contributed by atoms with van der Waals surface area (Å²) in [6.07, 6.45) is 8.57. The average molecular weight is 279 g/mol. The number of rotatable bonds is 7. The Morgan fingerprint density at radius 3 is 2.40 bits per heavy atom. The highest BCUT2D eigenvalue weighted by Crippen LogP contribution is 2.44. The standard InChI is InChI=1S/C17H33N3/c1-3-16-13-19(2)10-4-11-20(16)12-9-18-17(14-5-6-14)15-7-8-15/h14-18H,3-13H2,1-2H3. The summed E-state index contributed by atoms with van der Waals surface area (Å²) in [5, 5.41) is 3.91. The monoisotopic (exact) mass is 279 g/mol. The summed E-state index contributed by atoms with van der Waals surface area (Å²) >= 11 is 0. The van der Waals surface area contributed by atoms with E-state index in [0.717, 1.165) is 23.9 Å². The number of likely N-dealkylation sites (N-methyl/N-ethyl adjacent to an activating group) is 1. The molecule has 3 heteroatoms. The molecule has 3 rings (SSSR count). The van der Waals surface area contributed by atoms with Crippen LogP contribution in [0.15, 0.2) is 0 Å². The van der Waals surface area contributed by atoms with Gasteiger partial charge < -0.3 is 10.2 Å². The first-order valence-corrected chi connectivity index (χ1v) is 8.94. The van der Waals surface area contributed by atoms with Gasteiger partial charge in [-0.2, -0.15) is 0 Å². The van der Waals surface area contributed by atoms with Crippen LogP contribution in [0.1, 0.15) is 45.4 Å². The molecule has 1 heterocycles. The van der Waals surface area contributed by atoms with E-state index in [2.05, 4.69) is 29.1 Å². The molecule has 0 aromatic heterocycles. The minimum Gasteiger partial charge on any atom is -0.312 e. The predicted octanol–water partition coefficient (Wildman–Crippen LogP) is 2.18. The lowest BCUT2D eigenvalue weighted by atomic mass is 10.1. The van der Waals surface area contributed by atoms with Gasteiger partial charge in [0.15, 0.2) is 0 Å². The van der Waals surface area contributed by atoms with E-state index in [4.69, 9.17) is 0 Å². The lowest BCUT2D eigenvalue weighted by molar-refractivity contribution is 0.180. The maximum absolute atomic E-state index is 3.91. The Kier molecular flexibility index (Phi) is 5.00. The first-order valence-electron chi connectivity index (χ1n) is 8.94. The number of hydrogen-bond acceptors (Lipinski definition) is 3. The fourth-order valence-electron chi connectivity index (χ4n) is 3.98. The largest absolute Gasteiger partial charge is 0.312 e. The molecule has 20 heavy (non-hydrogen) atoms. The minimum absolute atomic E-state index is 0.768. The van der Waals surface area contributed by atoms with Crippen molar-refractivity contribution in [3.05, 3.63) is 0 Å². The Hall–Kier alpha value is -0.120. The molecule has 1 N–H and O–H groups in total. The van der Waals surface area contributed by atoms with Crippen molar-refractivity contribution in [1.29, 1.82) is 0 Å². The van der Waals surface area contributed by atoms with Gasteiger partial charge in [0, 0.05) is 31.7 Å². The molecule has 116 valence electrons. The van der Waals surface area contributed by atoms with E-state index in [9.17, 15) is 0 Å². The van der Waals surface area contributed by atoms with Crippen molar-refractivity contribution < 1.29 is 0 Å². The third-order valence-corrected chi connectivity index (χ3v) is 5.53. The van der Waals surface area contributed by atoms with E-state index in [-0.39, 0.29) is 0 Å². The van der Waals surface area contributed by atoms with E-state index in [1.54, 1.807) is 0 Å². The van der Waals surface area contributed by atoms with E-state index >= 15 is 0 Å². The van der Waals surface area contributed by atoms with Crippen molar-refractivity contribution in [3.63, 3.8) is 0 Å². The SMILES string of the molecule is CCC1CN(C)CCCN1CCNC(C1CC1)C1CC1. The number of nitrogens with one attached hydrogen (secondary N) is 1. The molecule has 1 aliphatic heterocycles. The Morgan fingerprint density at radius 2 is 1.80 bits per heavy atom. The van der Waals surface area contributed by atoms with Gasteiger partial charge in [0.25, 0.3) is 0 Å². The number of hydrogen-bond donors (Lipinski definition) is 1. The molecule has 2 saturated carbocycles. The van der Waals surface area contributed by atoms with E-state index in [1.165, 1.54) is 71.2 Å². The molecule has 0 bridgehead atoms. The molecule has 1 atom stereocenters. The van der Waals surface area contributed by atoms with Crippen LogP contribution < -0.4 is 5.32 Å². The van der Waals surface area contributed by atoms with Crippen molar-refractivity contribution in [2.45, 2.75) is 57.5 Å². The maximum Gasteiger partial charge on any atom is 0.0220 e. The molecule has 3 aliphatic rings. The third kappa shape index (κ3) is 3.96. The zero-order chi connectivity index (χ0) is 13.9. The van der Waals surface area contributed by atoms with E-state index in [0.29, 0.717) is 0 Å². The van der Waals surface area contributed by atoms with Crippen molar-refractivity contribution in [3.8, 4) is 0 Å². The van der Waals surface area contributed by atoms with Crippen LogP contribution in [0.2, 0.25) is 0 Å². The van der Waals surface area contributed by atoms with Crippen LogP contribution in [-0.2, 0) is 0 Å². The summed E-state index contributed by atoms with van der Waals surface area (Å²) < 4.78 is 0. The van der Waals surface area contributed by atoms with Gasteiger partial charge in [0.2, 0.25) is 0 Å². The van der Waals surface area contributed by atoms with Gasteiger partial charge >= 0.3 is 0 Å². The van der Waals surface area contributed by atoms with Crippen LogP contribution in [0.25, 0.3) is 0 Å². The lowest BCUT2D eigenvalue weighted by Gasteiger charge is -2.31. The van der Waals surface area contributed by atoms with Gasteiger partial charge in [-0.3, -0.25) is 4.90 Å². The predicted molar refractivity (Wildman–Crippen MR) is 85.0 cm³/mol. The average Bonchev–Trinajstić information content (AvgIpc) is 3.29. The van der Waals surface area contributed by atoms with E-state index in [1.807, 2.05) is 0 Å². The topological polar surface area (TPSA) is 18.5 Å². The molecule has 1 saturated heterocycles. The highest BCUT2D eigenvalue weighted by Gasteiger charge is 2.40. The highest BCUT2D eigenvalue weighted by atomic mass is 15.2. The van der Waals surface area contributed by atoms with Gasteiger partial charge in [-0.15, -0.1) is 0 Å². The fraction of sp³-hybridized carbons (Fsp3) is 1.00. The number of nitrogens with zero attached hydrogens (tertiary/aromatic N) is 2. The van der Waals surface area contributed by atoms with Crippen molar-refractivity contribution in [2.75, 3.05) is 39.8 Å². The molecule has 0 aromatic carbocycles. The van der Waals surface area contributed by atoms with Crippen molar-refractivity contribution in [2.24, 2.45) is 11.8 Å². The van der Waals surface area contributed by atoms with Gasteiger partial charge in [-0.1, -0.05) is 6.92 Å². The molecular weight excluding hydrogens is 246 g/mol. The smallest absolute Gasteiger partial charge is 0.0220 e. The molecule has 0 spiro atoms. The second-order valence-corrected chi connectivity index (χ2v) is 7.37. The molecule has 0 amide bonds. The van der Waals surface area contributed by atoms with Crippen molar-refractivity contribution >= 4 is 0 Å². The van der Waals surface area contributed by atoms with Crippen LogP contribution in [0, 0.1) is 11.8 Å². The van der Waals surface area contributed by atoms with E-state index < -0.39 is 0 Å². The Morgan fingerprint density at radius 1 is 1.10 bits per heavy atom. The first-order chi connectivity index (χ1) is 9.78. The Labute approximate surface area is 125 Å². The summed E-state index contributed by atoms with van der Waals surface area (Å²) in [6, 6.07) is 1.63. The third-order valence-electron chi connectivity index (χ3n) is 5.53. The van der Waals surface area contributed by atoms with Crippen LogP contribution in [0.3, 0.4) is 0 Å². The summed E-state index contributed by atoms with van der Waals surface area (Å²) in [7, 11) is 2.28. The van der Waals surface area contributed by atoms with Crippen LogP contribution in [-0.4, -0.2) is 61.7 Å². The van der Waals surface area contributed by atoms with Gasteiger partial charge in [-0.05, 0) is 70.5 Å². The van der Waals surface area contributed by atoms with Crippen molar-refractivity contribution in [1.82, 2.24) is 15.1 Å². The fourth-order valence-corrected chi connectivity index (χ4v) is 3.98. The molecular formula is C17H33N3. The summed E-state index contributed by atoms with van der Waals surface area (Å²) in [6.45, 7) is 8.63. The maximum atomic E-state index is 3.91. The molecule has 1 unspecified atom stereocenters. The first kappa shape index (κ1) is 14.8. The van der Waals surface area contributed by atoms with Crippen LogP contribution in [0.5, 0.6) is 0 Å². The van der Waals surface area contributed by atoms with Crippen LogP contribution >= 0.6 is 0 Å². The molecule has 3 fully saturated rings. The highest BCUT2D eigenvalue weighted by molar-refractivity contribution is 4.96. The van der Waals surface area contributed by atoms with Crippen LogP contribution in [0.4, 0.5) is 0 Å². The second kappa shape index (κ2) is 6.76. The second-order valence-electron chi connectivity index (χ2n) is 7.37. The molecule has 2 aliphatic carbocycles. The van der Waals surface area contributed by atoms with Gasteiger partial charge in [-0.25, -0.2) is 0 Å². The quantitative estimate of drug-likeness (QED) is 0.770. The zero-order valence-electron chi connectivity index (χ0n) is 13.5. The molecule has 0 aromatic rings. The summed E-state index contributed by atoms with van der Waals surface area (Å²) in [5.74, 6) is 2.06. The minimum atomic E-state index is 0.768. The lowest BCUT2D eigenvalue weighted by Crippen LogP contribution is -2.45. The summed E-state index contributed by atoms with van der Waals surface area (Å²) in [5.41, 5.74) is 0. The molecule has 0 radical (unpaired) electrons. The summed E-state index contributed by atoms with van der Waals surface area (Å²) in [4.78, 5) is 5.26. The Bertz CT molecular complexity index is 287. The normalized spacial score (nSPS) is 29.9. The van der Waals surface area contributed by atoms with Gasteiger partial charge in [0.05, 0.1) is 0 Å². The Balaban J connectivity index is 1.43. The zero-order valence-corrected chi connectivity index (χ0v) is 13.5. The molecule has 3 nitrogen and oxygen atoms in total.